The van der Waals surface area contributed by atoms with Gasteiger partial charge < -0.3 is 19.9 Å². The first kappa shape index (κ1) is 22.4. The van der Waals surface area contributed by atoms with Crippen molar-refractivity contribution in [1.29, 1.82) is 0 Å². The van der Waals surface area contributed by atoms with Crippen LogP contribution in [-0.4, -0.2) is 91.3 Å². The van der Waals surface area contributed by atoms with Crippen molar-refractivity contribution >= 4 is 11.9 Å². The second-order valence-corrected chi connectivity index (χ2v) is 7.93. The van der Waals surface area contributed by atoms with Crippen LogP contribution in [-0.2, 0) is 4.74 Å². The summed E-state index contributed by atoms with van der Waals surface area (Å²) in [4.78, 5) is 20.6. The number of nitrogens with zero attached hydrogens (tertiary/aromatic N) is 6. The third-order valence-corrected chi connectivity index (χ3v) is 5.90. The molecule has 2 aromatic rings. The van der Waals surface area contributed by atoms with Crippen LogP contribution in [0.4, 0.5) is 10.3 Å². The molecule has 8 nitrogen and oxygen atoms in total. The zero-order valence-corrected chi connectivity index (χ0v) is 18.7. The molecular formula is C23H32FN7O. The van der Waals surface area contributed by atoms with Crippen LogP contribution in [0.3, 0.4) is 0 Å². The van der Waals surface area contributed by atoms with Crippen LogP contribution in [0.2, 0.25) is 0 Å². The van der Waals surface area contributed by atoms with E-state index in [1.807, 2.05) is 18.2 Å². The van der Waals surface area contributed by atoms with E-state index in [0.29, 0.717) is 19.8 Å². The third kappa shape index (κ3) is 5.72. The van der Waals surface area contributed by atoms with Crippen LogP contribution in [0.15, 0.2) is 47.7 Å². The molecule has 1 atom stereocenters. The second-order valence-electron chi connectivity index (χ2n) is 7.93. The predicted molar refractivity (Wildman–Crippen MR) is 123 cm³/mol. The molecule has 0 aliphatic carbocycles. The van der Waals surface area contributed by atoms with Crippen LogP contribution < -0.4 is 10.2 Å². The van der Waals surface area contributed by atoms with Crippen LogP contribution in [0.1, 0.15) is 18.5 Å². The van der Waals surface area contributed by atoms with E-state index in [4.69, 9.17) is 9.73 Å². The lowest BCUT2D eigenvalue weighted by Gasteiger charge is -2.37. The molecule has 0 amide bonds. The number of aliphatic imine (C=N–C) groups is 1. The molecule has 3 heterocycles. The number of hydrogen-bond donors (Lipinski definition) is 1. The van der Waals surface area contributed by atoms with E-state index < -0.39 is 0 Å². The number of nitrogens with one attached hydrogen (secondary N) is 1. The van der Waals surface area contributed by atoms with Crippen molar-refractivity contribution in [2.75, 3.05) is 70.5 Å². The molecule has 0 bridgehead atoms. The SMILES string of the molecule is CCNC(=NCC(c1ccc(F)cc1)N1CCOCC1)N1CCN(c2ncccn2)CC1. The first-order chi connectivity index (χ1) is 15.7. The van der Waals surface area contributed by atoms with Gasteiger partial charge in [-0.25, -0.2) is 14.4 Å². The maximum Gasteiger partial charge on any atom is 0.225 e. The average Bonchev–Trinajstić information content (AvgIpc) is 2.86. The normalized spacial score (nSPS) is 19.1. The summed E-state index contributed by atoms with van der Waals surface area (Å²) < 4.78 is 19.1. The number of guanidine groups is 1. The van der Waals surface area contributed by atoms with Crippen molar-refractivity contribution in [1.82, 2.24) is 25.1 Å². The van der Waals surface area contributed by atoms with Crippen LogP contribution in [0.5, 0.6) is 0 Å². The topological polar surface area (TPSA) is 69.1 Å². The van der Waals surface area contributed by atoms with E-state index >= 15 is 0 Å². The van der Waals surface area contributed by atoms with Crippen LogP contribution >= 0.6 is 0 Å². The van der Waals surface area contributed by atoms with E-state index in [2.05, 4.69) is 36.9 Å². The lowest BCUT2D eigenvalue weighted by Crippen LogP contribution is -2.53. The molecule has 0 spiro atoms. The van der Waals surface area contributed by atoms with Gasteiger partial charge in [0.05, 0.1) is 25.8 Å². The highest BCUT2D eigenvalue weighted by atomic mass is 19.1. The fraction of sp³-hybridized carbons (Fsp3) is 0.522. The standard InChI is InChI=1S/C23H32FN7O/c1-2-25-22(30-10-12-31(13-11-30)23-26-8-3-9-27-23)28-18-21(29-14-16-32-17-15-29)19-4-6-20(24)7-5-19/h3-9,21H,2,10-18H2,1H3,(H,25,28). The Morgan fingerprint density at radius 3 is 2.41 bits per heavy atom. The Labute approximate surface area is 189 Å². The maximum absolute atomic E-state index is 13.5. The highest BCUT2D eigenvalue weighted by Crippen LogP contribution is 2.23. The molecule has 32 heavy (non-hydrogen) atoms. The van der Waals surface area contributed by atoms with Gasteiger partial charge in [-0.2, -0.15) is 0 Å². The molecule has 172 valence electrons. The molecule has 1 aromatic carbocycles. The molecule has 2 aliphatic heterocycles. The largest absolute Gasteiger partial charge is 0.379 e. The van der Waals surface area contributed by atoms with Gasteiger partial charge >= 0.3 is 0 Å². The van der Waals surface area contributed by atoms with Gasteiger partial charge in [-0.05, 0) is 30.7 Å². The quantitative estimate of drug-likeness (QED) is 0.541. The Morgan fingerprint density at radius 2 is 1.75 bits per heavy atom. The molecule has 2 aliphatic rings. The third-order valence-electron chi connectivity index (χ3n) is 5.90. The Morgan fingerprint density at radius 1 is 1.06 bits per heavy atom. The number of piperazine rings is 1. The van der Waals surface area contributed by atoms with E-state index in [0.717, 1.165) is 63.3 Å². The van der Waals surface area contributed by atoms with Crippen molar-refractivity contribution in [2.24, 2.45) is 4.99 Å². The van der Waals surface area contributed by atoms with Gasteiger partial charge in [-0.1, -0.05) is 12.1 Å². The predicted octanol–water partition coefficient (Wildman–Crippen LogP) is 1.78. The summed E-state index contributed by atoms with van der Waals surface area (Å²) in [6.45, 7) is 10.0. The number of benzene rings is 1. The Kier molecular flexibility index (Phi) is 7.84. The molecule has 2 saturated heterocycles. The number of anilines is 1. The van der Waals surface area contributed by atoms with Crippen molar-refractivity contribution < 1.29 is 9.13 Å². The summed E-state index contributed by atoms with van der Waals surface area (Å²) in [5, 5.41) is 3.45. The highest BCUT2D eigenvalue weighted by Gasteiger charge is 2.25. The number of halogens is 1. The van der Waals surface area contributed by atoms with Gasteiger partial charge in [-0.15, -0.1) is 0 Å². The summed E-state index contributed by atoms with van der Waals surface area (Å²) in [6.07, 6.45) is 3.56. The number of morpholine rings is 1. The van der Waals surface area contributed by atoms with Gasteiger partial charge in [0.15, 0.2) is 5.96 Å². The number of ether oxygens (including phenoxy) is 1. The summed E-state index contributed by atoms with van der Waals surface area (Å²) in [6, 6.07) is 8.73. The molecule has 2 fully saturated rings. The number of hydrogen-bond acceptors (Lipinski definition) is 6. The minimum atomic E-state index is -0.216. The van der Waals surface area contributed by atoms with Crippen molar-refractivity contribution in [2.45, 2.75) is 13.0 Å². The first-order valence-corrected chi connectivity index (χ1v) is 11.4. The average molecular weight is 442 g/mol. The smallest absolute Gasteiger partial charge is 0.225 e. The molecule has 0 saturated carbocycles. The molecule has 1 N–H and O–H groups in total. The van der Waals surface area contributed by atoms with Gasteiger partial charge in [0.2, 0.25) is 5.95 Å². The number of rotatable bonds is 6. The lowest BCUT2D eigenvalue weighted by atomic mass is 10.0. The maximum atomic E-state index is 13.5. The molecule has 4 rings (SSSR count). The van der Waals surface area contributed by atoms with Crippen molar-refractivity contribution in [3.8, 4) is 0 Å². The van der Waals surface area contributed by atoms with E-state index in [1.54, 1.807) is 12.4 Å². The van der Waals surface area contributed by atoms with E-state index in [9.17, 15) is 4.39 Å². The van der Waals surface area contributed by atoms with Crippen LogP contribution in [0.25, 0.3) is 0 Å². The van der Waals surface area contributed by atoms with E-state index in [-0.39, 0.29) is 11.9 Å². The highest BCUT2D eigenvalue weighted by molar-refractivity contribution is 5.80. The number of aromatic nitrogens is 2. The molecule has 9 heteroatoms. The monoisotopic (exact) mass is 441 g/mol. The minimum Gasteiger partial charge on any atom is -0.379 e. The van der Waals surface area contributed by atoms with E-state index in [1.165, 1.54) is 12.1 Å². The molecule has 1 unspecified atom stereocenters. The second kappa shape index (κ2) is 11.2. The first-order valence-electron chi connectivity index (χ1n) is 11.4. The van der Waals surface area contributed by atoms with Gasteiger partial charge in [-0.3, -0.25) is 9.89 Å². The summed E-state index contributed by atoms with van der Waals surface area (Å²) in [7, 11) is 0. The Hall–Kier alpha value is -2.78. The van der Waals surface area contributed by atoms with Gasteiger partial charge in [0.1, 0.15) is 5.82 Å². The van der Waals surface area contributed by atoms with Crippen molar-refractivity contribution in [3.63, 3.8) is 0 Å². The van der Waals surface area contributed by atoms with Gasteiger partial charge in [0, 0.05) is 58.2 Å². The van der Waals surface area contributed by atoms with Gasteiger partial charge in [0.25, 0.3) is 0 Å². The molecule has 0 radical (unpaired) electrons. The summed E-state index contributed by atoms with van der Waals surface area (Å²) >= 11 is 0. The molecule has 1 aromatic heterocycles. The minimum absolute atomic E-state index is 0.0900. The summed E-state index contributed by atoms with van der Waals surface area (Å²) in [5.41, 5.74) is 1.08. The fourth-order valence-electron chi connectivity index (χ4n) is 4.18. The fourth-order valence-corrected chi connectivity index (χ4v) is 4.18. The molecular weight excluding hydrogens is 409 g/mol. The Balaban J connectivity index is 1.46. The zero-order chi connectivity index (χ0) is 22.2. The van der Waals surface area contributed by atoms with Crippen molar-refractivity contribution in [3.05, 3.63) is 54.1 Å². The van der Waals surface area contributed by atoms with Crippen LogP contribution in [0, 0.1) is 5.82 Å². The Bertz CT molecular complexity index is 850. The zero-order valence-electron chi connectivity index (χ0n) is 18.7. The summed E-state index contributed by atoms with van der Waals surface area (Å²) in [5.74, 6) is 1.48. The lowest BCUT2D eigenvalue weighted by molar-refractivity contribution is 0.0179.